The monoisotopic (exact) mass is 537 g/mol. The summed E-state index contributed by atoms with van der Waals surface area (Å²) in [6.45, 7) is 9.02. The molecule has 10 heteroatoms. The van der Waals surface area contributed by atoms with Gasteiger partial charge in [0.05, 0.1) is 37.4 Å². The first kappa shape index (κ1) is 28.6. The molecule has 6 atom stereocenters. The third-order valence-corrected chi connectivity index (χ3v) is 10.4. The predicted octanol–water partition coefficient (Wildman–Crippen LogP) is 0.528. The van der Waals surface area contributed by atoms with Crippen LogP contribution in [-0.2, 0) is 9.53 Å². The number of hydrogen-bond acceptors (Lipinski definition) is 8. The fraction of sp³-hybridized carbons (Fsp3) is 0.964. The molecule has 5 rings (SSSR count). The molecule has 4 aliphatic heterocycles. The fourth-order valence-corrected chi connectivity index (χ4v) is 8.05. The number of rotatable bonds is 6. The van der Waals surface area contributed by atoms with Gasteiger partial charge < -0.3 is 32.2 Å². The van der Waals surface area contributed by atoms with Crippen LogP contribution in [0.4, 0.5) is 4.39 Å². The molecule has 1 amide bonds. The van der Waals surface area contributed by atoms with E-state index < -0.39 is 18.3 Å². The van der Waals surface area contributed by atoms with Gasteiger partial charge in [-0.2, -0.15) is 0 Å². The first-order chi connectivity index (χ1) is 18.3. The van der Waals surface area contributed by atoms with Crippen LogP contribution in [0.1, 0.15) is 64.7 Å². The number of amides is 1. The number of carbonyl (C=O) groups is 1. The lowest BCUT2D eigenvalue weighted by Crippen LogP contribution is -2.68. The second-order valence-electron chi connectivity index (χ2n) is 13.0. The van der Waals surface area contributed by atoms with E-state index in [1.54, 1.807) is 0 Å². The van der Waals surface area contributed by atoms with Crippen molar-refractivity contribution in [3.63, 3.8) is 0 Å². The Balaban J connectivity index is 1.27. The number of piperidine rings is 1. The number of nitrogens with zero attached hydrogens (tertiary/aromatic N) is 2. The van der Waals surface area contributed by atoms with Gasteiger partial charge in [0.1, 0.15) is 6.17 Å². The molecule has 5 unspecified atom stereocenters. The minimum atomic E-state index is -0.895. The number of hydrogen-bond donors (Lipinski definition) is 5. The number of alkyl halides is 1. The lowest BCUT2D eigenvalue weighted by Gasteiger charge is -2.50. The summed E-state index contributed by atoms with van der Waals surface area (Å²) in [6.07, 6.45) is 7.47. The van der Waals surface area contributed by atoms with Crippen molar-refractivity contribution in [1.82, 2.24) is 25.8 Å². The molecular weight excluding hydrogens is 485 g/mol. The molecule has 218 valence electrons. The minimum absolute atomic E-state index is 0.00958. The molecule has 38 heavy (non-hydrogen) atoms. The number of nitrogens with one attached hydrogen (secondary N) is 3. The smallest absolute Gasteiger partial charge is 0.227 e. The van der Waals surface area contributed by atoms with Gasteiger partial charge in [0.25, 0.3) is 0 Å². The fourth-order valence-electron chi connectivity index (χ4n) is 8.05. The van der Waals surface area contributed by atoms with E-state index in [0.29, 0.717) is 18.5 Å². The molecule has 4 saturated heterocycles. The maximum absolute atomic E-state index is 14.7. The molecule has 0 radical (unpaired) electrons. The number of carbonyl (C=O) groups excluding carboxylic acids is 1. The highest BCUT2D eigenvalue weighted by Gasteiger charge is 2.44. The Morgan fingerprint density at radius 2 is 1.89 bits per heavy atom. The van der Waals surface area contributed by atoms with Crippen LogP contribution in [0.25, 0.3) is 0 Å². The van der Waals surface area contributed by atoms with Gasteiger partial charge in [-0.15, -0.1) is 0 Å². The quantitative estimate of drug-likeness (QED) is 0.311. The van der Waals surface area contributed by atoms with Crippen LogP contribution in [-0.4, -0.2) is 111 Å². The molecule has 1 aliphatic carbocycles. The maximum atomic E-state index is 14.7. The highest BCUT2D eigenvalue weighted by Crippen LogP contribution is 2.46. The zero-order valence-corrected chi connectivity index (χ0v) is 23.4. The Kier molecular flexibility index (Phi) is 9.61. The predicted molar refractivity (Wildman–Crippen MR) is 147 cm³/mol. The van der Waals surface area contributed by atoms with Crippen LogP contribution in [0, 0.1) is 11.3 Å². The number of ether oxygens (including phenoxy) is 1. The summed E-state index contributed by atoms with van der Waals surface area (Å²) in [5.41, 5.74) is 12.7. The zero-order chi connectivity index (χ0) is 26.7. The molecule has 0 aromatic carbocycles. The molecule has 4 heterocycles. The van der Waals surface area contributed by atoms with E-state index in [0.717, 1.165) is 78.0 Å². The van der Waals surface area contributed by atoms with Gasteiger partial charge >= 0.3 is 0 Å². The maximum Gasteiger partial charge on any atom is 0.227 e. The van der Waals surface area contributed by atoms with Crippen LogP contribution in [0.5, 0.6) is 0 Å². The number of halogens is 1. The number of piperazine rings is 1. The van der Waals surface area contributed by atoms with Gasteiger partial charge in [-0.1, -0.05) is 19.3 Å². The Hall–Kier alpha value is -0.880. The summed E-state index contributed by atoms with van der Waals surface area (Å²) in [5, 5.41) is 10.3. The lowest BCUT2D eigenvalue weighted by atomic mass is 9.65. The molecule has 0 aromatic rings. The van der Waals surface area contributed by atoms with E-state index in [1.165, 1.54) is 19.3 Å². The molecular formula is C28H52FN7O2. The third-order valence-electron chi connectivity index (χ3n) is 10.4. The van der Waals surface area contributed by atoms with Crippen molar-refractivity contribution in [1.29, 1.82) is 0 Å². The van der Waals surface area contributed by atoms with Crippen LogP contribution in [0.2, 0.25) is 0 Å². The van der Waals surface area contributed by atoms with E-state index >= 15 is 0 Å². The third kappa shape index (κ3) is 6.53. The zero-order valence-electron chi connectivity index (χ0n) is 23.4. The SMILES string of the molecule is C[C@@H]1CN(C2COC2)CCN1C1CCNCC1NC(=O)C(C(N)N)C1CC2(CCCCC2)CCC(F)CN1. The Morgan fingerprint density at radius 3 is 2.58 bits per heavy atom. The normalized spacial score (nSPS) is 36.8. The topological polar surface area (TPSA) is 121 Å². The summed E-state index contributed by atoms with van der Waals surface area (Å²) >= 11 is 0. The first-order valence-corrected chi connectivity index (χ1v) is 15.3. The van der Waals surface area contributed by atoms with Crippen LogP contribution < -0.4 is 27.4 Å². The average molecular weight is 538 g/mol. The molecule has 7 N–H and O–H groups in total. The van der Waals surface area contributed by atoms with E-state index in [1.807, 2.05) is 0 Å². The highest BCUT2D eigenvalue weighted by atomic mass is 19.1. The lowest BCUT2D eigenvalue weighted by molar-refractivity contribution is -0.129. The van der Waals surface area contributed by atoms with Crippen molar-refractivity contribution in [2.45, 2.75) is 107 Å². The van der Waals surface area contributed by atoms with Crippen molar-refractivity contribution in [2.75, 3.05) is 52.5 Å². The van der Waals surface area contributed by atoms with Crippen molar-refractivity contribution in [3.05, 3.63) is 0 Å². The Morgan fingerprint density at radius 1 is 1.11 bits per heavy atom. The van der Waals surface area contributed by atoms with E-state index in [9.17, 15) is 9.18 Å². The average Bonchev–Trinajstić information content (AvgIpc) is 2.85. The molecule has 9 nitrogen and oxygen atoms in total. The Bertz CT molecular complexity index is 778. The summed E-state index contributed by atoms with van der Waals surface area (Å²) in [4.78, 5) is 19.1. The molecule has 0 aromatic heterocycles. The summed E-state index contributed by atoms with van der Waals surface area (Å²) in [5.74, 6) is -0.675. The van der Waals surface area contributed by atoms with Crippen LogP contribution in [0.15, 0.2) is 0 Å². The second kappa shape index (κ2) is 12.7. The first-order valence-electron chi connectivity index (χ1n) is 15.3. The second-order valence-corrected chi connectivity index (χ2v) is 13.0. The van der Waals surface area contributed by atoms with Crippen molar-refractivity contribution in [2.24, 2.45) is 22.8 Å². The molecule has 5 fully saturated rings. The van der Waals surface area contributed by atoms with Gasteiger partial charge in [-0.05, 0) is 57.4 Å². The van der Waals surface area contributed by atoms with Gasteiger partial charge in [0, 0.05) is 50.8 Å². The minimum Gasteiger partial charge on any atom is -0.378 e. The van der Waals surface area contributed by atoms with Crippen molar-refractivity contribution in [3.8, 4) is 0 Å². The highest BCUT2D eigenvalue weighted by molar-refractivity contribution is 5.80. The largest absolute Gasteiger partial charge is 0.378 e. The van der Waals surface area contributed by atoms with Crippen LogP contribution >= 0.6 is 0 Å². The van der Waals surface area contributed by atoms with Crippen molar-refractivity contribution < 1.29 is 13.9 Å². The van der Waals surface area contributed by atoms with Gasteiger partial charge in [-0.25, -0.2) is 4.39 Å². The van der Waals surface area contributed by atoms with Crippen molar-refractivity contribution >= 4 is 5.91 Å². The summed E-state index contributed by atoms with van der Waals surface area (Å²) in [7, 11) is 0. The summed E-state index contributed by atoms with van der Waals surface area (Å²) < 4.78 is 20.1. The van der Waals surface area contributed by atoms with E-state index in [-0.39, 0.29) is 36.0 Å². The van der Waals surface area contributed by atoms with E-state index in [2.05, 4.69) is 32.7 Å². The van der Waals surface area contributed by atoms with Gasteiger partial charge in [0.2, 0.25) is 5.91 Å². The number of nitrogens with two attached hydrogens (primary N) is 2. The molecule has 0 bridgehead atoms. The van der Waals surface area contributed by atoms with Gasteiger partial charge in [-0.3, -0.25) is 14.6 Å². The molecule has 5 aliphatic rings. The van der Waals surface area contributed by atoms with Crippen LogP contribution in [0.3, 0.4) is 0 Å². The summed E-state index contributed by atoms with van der Waals surface area (Å²) in [6, 6.07) is 1.02. The van der Waals surface area contributed by atoms with Gasteiger partial charge in [0.15, 0.2) is 0 Å². The van der Waals surface area contributed by atoms with E-state index in [4.69, 9.17) is 16.2 Å². The standard InChI is InChI=1S/C28H52FN7O2/c1-19-16-35(21-17-38-18-21)11-12-36(19)24-6-10-32-15-23(24)34-27(37)25(26(30)31)22-13-28(7-3-2-4-8-28)9-5-20(29)14-33-22/h19-26,32-33H,2-18,30-31H2,1H3,(H,34,37)/t19-,20?,22?,23?,24?,25?/m1/s1. The Labute approximate surface area is 228 Å². The molecule has 1 saturated carbocycles. The molecule has 1 spiro atoms.